The normalized spacial score (nSPS) is 15.1. The first-order valence-electron chi connectivity index (χ1n) is 6.33. The van der Waals surface area contributed by atoms with Gasteiger partial charge in [0.2, 0.25) is 5.95 Å². The molecule has 2 aromatic rings. The van der Waals surface area contributed by atoms with E-state index in [0.717, 1.165) is 17.8 Å². The minimum Gasteiger partial charge on any atom is -0.369 e. The summed E-state index contributed by atoms with van der Waals surface area (Å²) in [5.74, 6) is 0.178. The largest absolute Gasteiger partial charge is 0.369 e. The predicted molar refractivity (Wildman–Crippen MR) is 76.3 cm³/mol. The molecule has 0 atom stereocenters. The Morgan fingerprint density at radius 2 is 2.35 bits per heavy atom. The van der Waals surface area contributed by atoms with E-state index in [0.29, 0.717) is 30.2 Å². The van der Waals surface area contributed by atoms with Gasteiger partial charge in [0.05, 0.1) is 11.3 Å². The molecule has 2 aromatic heterocycles. The Morgan fingerprint density at radius 1 is 1.50 bits per heavy atom. The summed E-state index contributed by atoms with van der Waals surface area (Å²) in [6, 6.07) is 3.80. The van der Waals surface area contributed by atoms with Crippen molar-refractivity contribution in [3.63, 3.8) is 0 Å². The fraction of sp³-hybridized carbons (Fsp3) is 0.308. The van der Waals surface area contributed by atoms with Crippen molar-refractivity contribution in [2.45, 2.75) is 19.5 Å². The average molecular weight is 292 g/mol. The number of hydrogen-bond donors (Lipinski definition) is 2. The van der Waals surface area contributed by atoms with Crippen LogP contribution in [0.25, 0.3) is 0 Å². The summed E-state index contributed by atoms with van der Waals surface area (Å²) in [5, 5.41) is 0.502. The van der Waals surface area contributed by atoms with Gasteiger partial charge in [0.1, 0.15) is 5.15 Å². The zero-order valence-electron chi connectivity index (χ0n) is 10.8. The van der Waals surface area contributed by atoms with E-state index in [9.17, 15) is 4.79 Å². The molecule has 0 saturated heterocycles. The SMILES string of the molecule is Nc1nc2c(c(=O)[nH]1)CN(Cc1cccnc1Cl)CC2. The van der Waals surface area contributed by atoms with Crippen LogP contribution in [0.5, 0.6) is 0 Å². The van der Waals surface area contributed by atoms with Gasteiger partial charge < -0.3 is 5.73 Å². The van der Waals surface area contributed by atoms with Crippen LogP contribution >= 0.6 is 11.6 Å². The van der Waals surface area contributed by atoms with Gasteiger partial charge in [0.15, 0.2) is 0 Å². The van der Waals surface area contributed by atoms with Crippen LogP contribution in [0.2, 0.25) is 5.15 Å². The van der Waals surface area contributed by atoms with E-state index in [4.69, 9.17) is 17.3 Å². The Bertz CT molecular complexity index is 699. The zero-order chi connectivity index (χ0) is 14.1. The maximum atomic E-state index is 11.9. The van der Waals surface area contributed by atoms with Crippen molar-refractivity contribution in [2.24, 2.45) is 0 Å². The molecule has 0 radical (unpaired) electrons. The van der Waals surface area contributed by atoms with Gasteiger partial charge in [-0.25, -0.2) is 9.97 Å². The lowest BCUT2D eigenvalue weighted by molar-refractivity contribution is 0.241. The first kappa shape index (κ1) is 13.1. The number of aromatic amines is 1. The molecule has 0 saturated carbocycles. The van der Waals surface area contributed by atoms with Crippen molar-refractivity contribution in [3.05, 3.63) is 50.7 Å². The van der Waals surface area contributed by atoms with Crippen molar-refractivity contribution < 1.29 is 0 Å². The van der Waals surface area contributed by atoms with Gasteiger partial charge >= 0.3 is 0 Å². The molecule has 6 nitrogen and oxygen atoms in total. The van der Waals surface area contributed by atoms with E-state index >= 15 is 0 Å². The number of nitrogens with zero attached hydrogens (tertiary/aromatic N) is 3. The van der Waals surface area contributed by atoms with Gasteiger partial charge in [-0.1, -0.05) is 17.7 Å². The Balaban J connectivity index is 1.83. The summed E-state index contributed by atoms with van der Waals surface area (Å²) in [4.78, 5) is 24.9. The molecule has 0 aromatic carbocycles. The first-order valence-corrected chi connectivity index (χ1v) is 6.70. The molecule has 3 heterocycles. The Hall–Kier alpha value is -1.92. The highest BCUT2D eigenvalue weighted by Gasteiger charge is 2.21. The Morgan fingerprint density at radius 3 is 3.15 bits per heavy atom. The third-order valence-corrected chi connectivity index (χ3v) is 3.74. The summed E-state index contributed by atoms with van der Waals surface area (Å²) in [6.45, 7) is 2.02. The molecule has 0 unspecified atom stereocenters. The van der Waals surface area contributed by atoms with Crippen LogP contribution in [0.1, 0.15) is 16.8 Å². The third kappa shape index (κ3) is 2.52. The van der Waals surface area contributed by atoms with Gasteiger partial charge in [-0.05, 0) is 6.07 Å². The molecule has 1 aliphatic rings. The second-order valence-corrected chi connectivity index (χ2v) is 5.15. The zero-order valence-corrected chi connectivity index (χ0v) is 11.5. The topological polar surface area (TPSA) is 87.9 Å². The number of aromatic nitrogens is 3. The molecule has 104 valence electrons. The summed E-state index contributed by atoms with van der Waals surface area (Å²) >= 11 is 6.06. The summed E-state index contributed by atoms with van der Waals surface area (Å²) in [7, 11) is 0. The molecular weight excluding hydrogens is 278 g/mol. The van der Waals surface area contributed by atoms with Crippen LogP contribution in [-0.4, -0.2) is 26.4 Å². The maximum Gasteiger partial charge on any atom is 0.257 e. The molecule has 3 N–H and O–H groups in total. The fourth-order valence-electron chi connectivity index (χ4n) is 2.41. The molecule has 1 aliphatic heterocycles. The molecule has 0 bridgehead atoms. The van der Waals surface area contributed by atoms with Gasteiger partial charge in [0, 0.05) is 37.8 Å². The molecule has 3 rings (SSSR count). The maximum absolute atomic E-state index is 11.9. The molecule has 0 fully saturated rings. The quantitative estimate of drug-likeness (QED) is 0.805. The van der Waals surface area contributed by atoms with E-state index < -0.39 is 0 Å². The molecule has 0 amide bonds. The van der Waals surface area contributed by atoms with Crippen molar-refractivity contribution in [3.8, 4) is 0 Å². The predicted octanol–water partition coefficient (Wildman–Crippen LogP) is 0.959. The first-order chi connectivity index (χ1) is 9.63. The minimum atomic E-state index is -0.158. The van der Waals surface area contributed by atoms with Crippen LogP contribution in [0.4, 0.5) is 5.95 Å². The number of nitrogens with one attached hydrogen (secondary N) is 1. The van der Waals surface area contributed by atoms with E-state index in [2.05, 4.69) is 19.9 Å². The van der Waals surface area contributed by atoms with Gasteiger partial charge in [-0.3, -0.25) is 14.7 Å². The standard InChI is InChI=1S/C13H14ClN5O/c14-11-8(2-1-4-16-11)6-19-5-3-10-9(7-19)12(20)18-13(15)17-10/h1-2,4H,3,5-7H2,(H3,15,17,18,20). The van der Waals surface area contributed by atoms with Crippen molar-refractivity contribution in [2.75, 3.05) is 12.3 Å². The molecule has 20 heavy (non-hydrogen) atoms. The summed E-state index contributed by atoms with van der Waals surface area (Å²) in [5.41, 5.74) is 7.83. The number of fused-ring (bicyclic) bond motifs is 1. The molecule has 0 aliphatic carbocycles. The number of nitrogen functional groups attached to an aromatic ring is 1. The van der Waals surface area contributed by atoms with Crippen LogP contribution in [0.3, 0.4) is 0 Å². The highest BCUT2D eigenvalue weighted by atomic mass is 35.5. The van der Waals surface area contributed by atoms with E-state index in [1.807, 2.05) is 12.1 Å². The summed E-state index contributed by atoms with van der Waals surface area (Å²) < 4.78 is 0. The fourth-order valence-corrected chi connectivity index (χ4v) is 2.59. The Kier molecular flexibility index (Phi) is 3.42. The van der Waals surface area contributed by atoms with Crippen molar-refractivity contribution in [1.29, 1.82) is 0 Å². The van der Waals surface area contributed by atoms with E-state index in [-0.39, 0.29) is 11.5 Å². The van der Waals surface area contributed by atoms with Gasteiger partial charge in [-0.15, -0.1) is 0 Å². The van der Waals surface area contributed by atoms with Gasteiger partial charge in [0.25, 0.3) is 5.56 Å². The second kappa shape index (κ2) is 5.22. The van der Waals surface area contributed by atoms with Gasteiger partial charge in [-0.2, -0.15) is 0 Å². The highest BCUT2D eigenvalue weighted by Crippen LogP contribution is 2.19. The lowest BCUT2D eigenvalue weighted by atomic mass is 10.1. The minimum absolute atomic E-state index is 0.158. The number of H-pyrrole nitrogens is 1. The highest BCUT2D eigenvalue weighted by molar-refractivity contribution is 6.30. The van der Waals surface area contributed by atoms with Crippen LogP contribution in [0.15, 0.2) is 23.1 Å². The van der Waals surface area contributed by atoms with Crippen LogP contribution in [-0.2, 0) is 19.5 Å². The van der Waals surface area contributed by atoms with E-state index in [1.54, 1.807) is 6.20 Å². The van der Waals surface area contributed by atoms with Crippen molar-refractivity contribution in [1.82, 2.24) is 19.9 Å². The second-order valence-electron chi connectivity index (χ2n) is 4.79. The molecular formula is C13H14ClN5O. The van der Waals surface area contributed by atoms with Crippen LogP contribution in [0, 0.1) is 0 Å². The number of pyridine rings is 1. The van der Waals surface area contributed by atoms with E-state index in [1.165, 1.54) is 0 Å². The number of rotatable bonds is 2. The summed E-state index contributed by atoms with van der Waals surface area (Å²) in [6.07, 6.45) is 2.37. The monoisotopic (exact) mass is 291 g/mol. The number of anilines is 1. The molecule has 7 heteroatoms. The Labute approximate surface area is 120 Å². The third-order valence-electron chi connectivity index (χ3n) is 3.40. The number of nitrogens with two attached hydrogens (primary N) is 1. The molecule has 0 spiro atoms. The van der Waals surface area contributed by atoms with Crippen LogP contribution < -0.4 is 11.3 Å². The lowest BCUT2D eigenvalue weighted by Crippen LogP contribution is -2.35. The lowest BCUT2D eigenvalue weighted by Gasteiger charge is -2.27. The smallest absolute Gasteiger partial charge is 0.257 e. The van der Waals surface area contributed by atoms with Crippen molar-refractivity contribution >= 4 is 17.5 Å². The number of hydrogen-bond acceptors (Lipinski definition) is 5. The average Bonchev–Trinajstić information content (AvgIpc) is 2.42. The number of halogens is 1.